The predicted molar refractivity (Wildman–Crippen MR) is 80.0 cm³/mol. The molecule has 0 saturated heterocycles. The van der Waals surface area contributed by atoms with Crippen molar-refractivity contribution in [3.8, 4) is 0 Å². The summed E-state index contributed by atoms with van der Waals surface area (Å²) < 4.78 is 0. The average Bonchev–Trinajstić information content (AvgIpc) is 2.50. The number of nitrogens with zero attached hydrogens (tertiary/aromatic N) is 3. The van der Waals surface area contributed by atoms with Gasteiger partial charge in [0.1, 0.15) is 11.5 Å². The molecule has 0 aliphatic rings. The largest absolute Gasteiger partial charge is 0.369 e. The van der Waals surface area contributed by atoms with Gasteiger partial charge >= 0.3 is 0 Å². The quantitative estimate of drug-likeness (QED) is 0.907. The summed E-state index contributed by atoms with van der Waals surface area (Å²) in [5.74, 6) is 0.466. The lowest BCUT2D eigenvalue weighted by Gasteiger charge is -2.20. The van der Waals surface area contributed by atoms with Crippen LogP contribution in [0.3, 0.4) is 0 Å². The average molecular weight is 270 g/mol. The first kappa shape index (κ1) is 14.0. The van der Waals surface area contributed by atoms with Crippen molar-refractivity contribution >= 4 is 17.4 Å². The third kappa shape index (κ3) is 3.12. The summed E-state index contributed by atoms with van der Waals surface area (Å²) in [4.78, 5) is 22.6. The van der Waals surface area contributed by atoms with E-state index in [1.807, 2.05) is 44.2 Å². The Morgan fingerprint density at radius 2 is 1.95 bits per heavy atom. The number of carbonyl (C=O) groups is 1. The van der Waals surface area contributed by atoms with Gasteiger partial charge in [-0.1, -0.05) is 18.2 Å². The van der Waals surface area contributed by atoms with Gasteiger partial charge in [0.05, 0.1) is 12.4 Å². The fraction of sp³-hybridized carbons (Fsp3) is 0.267. The van der Waals surface area contributed by atoms with E-state index >= 15 is 0 Å². The molecule has 0 atom stereocenters. The number of aromatic nitrogens is 2. The Balaban J connectivity index is 2.27. The highest BCUT2D eigenvalue weighted by Crippen LogP contribution is 2.16. The smallest absolute Gasteiger partial charge is 0.278 e. The molecule has 2 aromatic rings. The topological polar surface area (TPSA) is 58.1 Å². The minimum atomic E-state index is -0.147. The Bertz CT molecular complexity index is 571. The molecule has 0 aliphatic heterocycles. The van der Waals surface area contributed by atoms with E-state index in [4.69, 9.17) is 0 Å². The molecule has 5 heteroatoms. The van der Waals surface area contributed by atoms with Gasteiger partial charge in [-0.15, -0.1) is 0 Å². The lowest BCUT2D eigenvalue weighted by molar-refractivity contribution is 0.0983. The lowest BCUT2D eigenvalue weighted by atomic mass is 10.2. The van der Waals surface area contributed by atoms with E-state index in [9.17, 15) is 4.79 Å². The van der Waals surface area contributed by atoms with Crippen molar-refractivity contribution < 1.29 is 4.79 Å². The summed E-state index contributed by atoms with van der Waals surface area (Å²) in [6.45, 7) is 5.23. The molecule has 1 aromatic carbocycles. The first-order chi connectivity index (χ1) is 9.76. The number of hydrogen-bond donors (Lipinski definition) is 1. The Labute approximate surface area is 118 Å². The lowest BCUT2D eigenvalue weighted by Crippen LogP contribution is -2.31. The fourth-order valence-electron chi connectivity index (χ4n) is 1.92. The summed E-state index contributed by atoms with van der Waals surface area (Å²) in [5.41, 5.74) is 1.20. The van der Waals surface area contributed by atoms with E-state index < -0.39 is 0 Å². The van der Waals surface area contributed by atoms with Crippen LogP contribution in [0, 0.1) is 0 Å². The van der Waals surface area contributed by atoms with E-state index in [0.717, 1.165) is 12.2 Å². The van der Waals surface area contributed by atoms with E-state index in [0.29, 0.717) is 18.1 Å². The SMILES string of the molecule is CCNc1cncc(C(=O)N(CC)c2ccccc2)n1. The first-order valence-corrected chi connectivity index (χ1v) is 6.69. The van der Waals surface area contributed by atoms with Gasteiger partial charge in [0.2, 0.25) is 0 Å². The molecule has 0 bridgehead atoms. The normalized spacial score (nSPS) is 10.1. The first-order valence-electron chi connectivity index (χ1n) is 6.69. The van der Waals surface area contributed by atoms with Crippen molar-refractivity contribution in [1.82, 2.24) is 9.97 Å². The van der Waals surface area contributed by atoms with Crippen LogP contribution in [0.2, 0.25) is 0 Å². The van der Waals surface area contributed by atoms with Crippen LogP contribution >= 0.6 is 0 Å². The number of hydrogen-bond acceptors (Lipinski definition) is 4. The summed E-state index contributed by atoms with van der Waals surface area (Å²) in [6, 6.07) is 9.55. The number of carbonyl (C=O) groups excluding carboxylic acids is 1. The molecule has 1 amide bonds. The van der Waals surface area contributed by atoms with Crippen LogP contribution in [0.5, 0.6) is 0 Å². The van der Waals surface area contributed by atoms with E-state index in [2.05, 4.69) is 15.3 Å². The third-order valence-corrected chi connectivity index (χ3v) is 2.84. The second-order valence-corrected chi connectivity index (χ2v) is 4.20. The van der Waals surface area contributed by atoms with Crippen LogP contribution in [-0.4, -0.2) is 29.0 Å². The van der Waals surface area contributed by atoms with Gasteiger partial charge < -0.3 is 10.2 Å². The number of para-hydroxylation sites is 1. The zero-order valence-electron chi connectivity index (χ0n) is 11.7. The molecule has 2 rings (SSSR count). The van der Waals surface area contributed by atoms with Crippen molar-refractivity contribution in [2.45, 2.75) is 13.8 Å². The molecule has 0 aliphatic carbocycles. The number of amides is 1. The molecule has 1 N–H and O–H groups in total. The highest BCUT2D eigenvalue weighted by atomic mass is 16.2. The zero-order valence-corrected chi connectivity index (χ0v) is 11.7. The Kier molecular flexibility index (Phi) is 4.65. The standard InChI is InChI=1S/C15H18N4O/c1-3-17-14-11-16-10-13(18-14)15(20)19(4-2)12-8-6-5-7-9-12/h5-11H,3-4H2,1-2H3,(H,17,18). The van der Waals surface area contributed by atoms with Crippen LogP contribution in [0.15, 0.2) is 42.7 Å². The third-order valence-electron chi connectivity index (χ3n) is 2.84. The number of anilines is 2. The molecular weight excluding hydrogens is 252 g/mol. The summed E-state index contributed by atoms with van der Waals surface area (Å²) in [6.07, 6.45) is 3.11. The van der Waals surface area contributed by atoms with Crippen LogP contribution in [0.4, 0.5) is 11.5 Å². The van der Waals surface area contributed by atoms with Crippen LogP contribution in [0.1, 0.15) is 24.3 Å². The number of benzene rings is 1. The Hall–Kier alpha value is -2.43. The molecular formula is C15H18N4O. The molecule has 1 aromatic heterocycles. The monoisotopic (exact) mass is 270 g/mol. The number of rotatable bonds is 5. The van der Waals surface area contributed by atoms with Gasteiger partial charge in [-0.2, -0.15) is 0 Å². The Morgan fingerprint density at radius 3 is 2.60 bits per heavy atom. The zero-order chi connectivity index (χ0) is 14.4. The minimum absolute atomic E-state index is 0.147. The molecule has 1 heterocycles. The predicted octanol–water partition coefficient (Wildman–Crippen LogP) is 2.58. The van der Waals surface area contributed by atoms with Crippen molar-refractivity contribution in [2.24, 2.45) is 0 Å². The molecule has 0 fully saturated rings. The van der Waals surface area contributed by atoms with Gasteiger partial charge in [0, 0.05) is 18.8 Å². The maximum atomic E-state index is 12.5. The highest BCUT2D eigenvalue weighted by Gasteiger charge is 2.17. The van der Waals surface area contributed by atoms with Gasteiger partial charge in [-0.25, -0.2) is 4.98 Å². The van der Waals surface area contributed by atoms with Gasteiger partial charge in [-0.05, 0) is 26.0 Å². The van der Waals surface area contributed by atoms with E-state index in [1.165, 1.54) is 6.20 Å². The number of nitrogens with one attached hydrogen (secondary N) is 1. The summed E-state index contributed by atoms with van der Waals surface area (Å²) in [7, 11) is 0. The van der Waals surface area contributed by atoms with Gasteiger partial charge in [0.25, 0.3) is 5.91 Å². The summed E-state index contributed by atoms with van der Waals surface area (Å²) >= 11 is 0. The van der Waals surface area contributed by atoms with Crippen molar-refractivity contribution in [3.05, 3.63) is 48.4 Å². The van der Waals surface area contributed by atoms with Crippen LogP contribution in [0.25, 0.3) is 0 Å². The van der Waals surface area contributed by atoms with Gasteiger partial charge in [0.15, 0.2) is 0 Å². The molecule has 0 saturated carbocycles. The second-order valence-electron chi connectivity index (χ2n) is 4.20. The molecule has 5 nitrogen and oxygen atoms in total. The molecule has 104 valence electrons. The summed E-state index contributed by atoms with van der Waals surface area (Å²) in [5, 5.41) is 3.06. The van der Waals surface area contributed by atoms with Crippen molar-refractivity contribution in [1.29, 1.82) is 0 Å². The van der Waals surface area contributed by atoms with E-state index in [1.54, 1.807) is 11.1 Å². The molecule has 0 spiro atoms. The van der Waals surface area contributed by atoms with Crippen molar-refractivity contribution in [3.63, 3.8) is 0 Å². The highest BCUT2D eigenvalue weighted by molar-refractivity contribution is 6.04. The van der Waals surface area contributed by atoms with Crippen molar-refractivity contribution in [2.75, 3.05) is 23.3 Å². The fourth-order valence-corrected chi connectivity index (χ4v) is 1.92. The molecule has 0 unspecified atom stereocenters. The molecule has 0 radical (unpaired) electrons. The van der Waals surface area contributed by atoms with Crippen LogP contribution in [-0.2, 0) is 0 Å². The minimum Gasteiger partial charge on any atom is -0.369 e. The molecule has 20 heavy (non-hydrogen) atoms. The second kappa shape index (κ2) is 6.65. The Morgan fingerprint density at radius 1 is 1.20 bits per heavy atom. The maximum Gasteiger partial charge on any atom is 0.278 e. The maximum absolute atomic E-state index is 12.5. The van der Waals surface area contributed by atoms with Gasteiger partial charge in [-0.3, -0.25) is 9.78 Å². The van der Waals surface area contributed by atoms with E-state index in [-0.39, 0.29) is 5.91 Å². The van der Waals surface area contributed by atoms with Crippen LogP contribution < -0.4 is 10.2 Å².